The number of nitrogens with zero attached hydrogens (tertiary/aromatic N) is 2. The molecule has 1 aliphatic rings. The van der Waals surface area contributed by atoms with Gasteiger partial charge < -0.3 is 14.7 Å². The summed E-state index contributed by atoms with van der Waals surface area (Å²) in [6.07, 6.45) is -0.269. The number of aliphatic hydroxyl groups is 1. The lowest BCUT2D eigenvalue weighted by atomic mass is 10.1. The van der Waals surface area contributed by atoms with E-state index < -0.39 is 6.10 Å². The molecule has 1 heterocycles. The fourth-order valence-electron chi connectivity index (χ4n) is 2.72. The number of hydrogen-bond donors (Lipinski definition) is 1. The van der Waals surface area contributed by atoms with Gasteiger partial charge in [-0.25, -0.2) is 4.39 Å². The topological polar surface area (TPSA) is 53.0 Å². The molecule has 5 nitrogen and oxygen atoms in total. The van der Waals surface area contributed by atoms with Crippen molar-refractivity contribution in [2.75, 3.05) is 45.9 Å². The molecule has 0 radical (unpaired) electrons. The number of carbonyl (C=O) groups excluding carboxylic acids is 1. The molecule has 128 valence electrons. The highest BCUT2D eigenvalue weighted by atomic mass is 19.1. The molecular weight excluding hydrogens is 299 g/mol. The van der Waals surface area contributed by atoms with Crippen LogP contribution in [0.3, 0.4) is 0 Å². The molecule has 6 heteroatoms. The van der Waals surface area contributed by atoms with E-state index in [0.717, 1.165) is 13.1 Å². The van der Waals surface area contributed by atoms with Crippen LogP contribution < -0.4 is 0 Å². The van der Waals surface area contributed by atoms with Gasteiger partial charge in [0.25, 0.3) is 0 Å². The molecule has 0 saturated carbocycles. The number of aliphatic hydroxyl groups excluding tert-OH is 1. The van der Waals surface area contributed by atoms with E-state index in [4.69, 9.17) is 4.74 Å². The number of rotatable bonds is 7. The Morgan fingerprint density at radius 2 is 2.09 bits per heavy atom. The van der Waals surface area contributed by atoms with Crippen LogP contribution >= 0.6 is 0 Å². The molecule has 1 amide bonds. The van der Waals surface area contributed by atoms with Gasteiger partial charge >= 0.3 is 0 Å². The number of hydrogen-bond acceptors (Lipinski definition) is 4. The van der Waals surface area contributed by atoms with E-state index in [2.05, 4.69) is 4.90 Å². The van der Waals surface area contributed by atoms with Crippen molar-refractivity contribution in [1.82, 2.24) is 9.80 Å². The van der Waals surface area contributed by atoms with Crippen molar-refractivity contribution in [3.05, 3.63) is 35.6 Å². The van der Waals surface area contributed by atoms with E-state index in [1.165, 1.54) is 12.1 Å². The number of amides is 1. The Morgan fingerprint density at radius 3 is 2.74 bits per heavy atom. The molecule has 1 N–H and O–H groups in total. The lowest BCUT2D eigenvalue weighted by molar-refractivity contribution is -0.132. The summed E-state index contributed by atoms with van der Waals surface area (Å²) < 4.78 is 18.4. The molecule has 0 spiro atoms. The fraction of sp³-hybridized carbons (Fsp3) is 0.588. The van der Waals surface area contributed by atoms with Gasteiger partial charge in [0.05, 0.1) is 19.1 Å². The minimum atomic E-state index is -0.496. The summed E-state index contributed by atoms with van der Waals surface area (Å²) in [4.78, 5) is 16.2. The summed E-state index contributed by atoms with van der Waals surface area (Å²) in [5.41, 5.74) is 0.699. The first kappa shape index (κ1) is 17.8. The third-order valence-corrected chi connectivity index (χ3v) is 3.95. The van der Waals surface area contributed by atoms with Crippen LogP contribution in [0.2, 0.25) is 0 Å². The zero-order valence-electron chi connectivity index (χ0n) is 13.6. The van der Waals surface area contributed by atoms with E-state index in [-0.39, 0.29) is 18.1 Å². The molecule has 1 saturated heterocycles. The smallest absolute Gasteiger partial charge is 0.227 e. The number of piperazine rings is 1. The van der Waals surface area contributed by atoms with Crippen molar-refractivity contribution >= 4 is 5.91 Å². The standard InChI is InChI=1S/C17H25FN2O3/c1-2-23-13-16(21)12-19-6-8-20(9-7-19)17(22)11-14-4-3-5-15(18)10-14/h3-5,10,16,21H,2,6-9,11-13H2,1H3/t16-/m0/s1. The molecule has 0 aromatic heterocycles. The molecular formula is C17H25FN2O3. The Balaban J connectivity index is 1.74. The molecule has 1 aliphatic heterocycles. The van der Waals surface area contributed by atoms with Crippen molar-refractivity contribution in [3.8, 4) is 0 Å². The average molecular weight is 324 g/mol. The molecule has 23 heavy (non-hydrogen) atoms. The van der Waals surface area contributed by atoms with Gasteiger partial charge in [-0.3, -0.25) is 9.69 Å². The van der Waals surface area contributed by atoms with Crippen LogP contribution in [0.4, 0.5) is 4.39 Å². The highest BCUT2D eigenvalue weighted by Gasteiger charge is 2.22. The van der Waals surface area contributed by atoms with Crippen molar-refractivity contribution in [2.45, 2.75) is 19.4 Å². The second-order valence-electron chi connectivity index (χ2n) is 5.80. The highest BCUT2D eigenvalue weighted by molar-refractivity contribution is 5.78. The number of ether oxygens (including phenoxy) is 1. The van der Waals surface area contributed by atoms with Crippen LogP contribution in [-0.2, 0) is 16.0 Å². The maximum absolute atomic E-state index is 13.2. The Labute approximate surface area is 136 Å². The molecule has 1 atom stereocenters. The van der Waals surface area contributed by atoms with E-state index in [1.54, 1.807) is 17.0 Å². The summed E-state index contributed by atoms with van der Waals surface area (Å²) in [5, 5.41) is 9.85. The van der Waals surface area contributed by atoms with Gasteiger partial charge in [0.15, 0.2) is 0 Å². The minimum absolute atomic E-state index is 0.0186. The Bertz CT molecular complexity index is 504. The van der Waals surface area contributed by atoms with Crippen molar-refractivity contribution in [3.63, 3.8) is 0 Å². The first-order chi connectivity index (χ1) is 11.1. The third kappa shape index (κ3) is 5.89. The SMILES string of the molecule is CCOC[C@@H](O)CN1CCN(C(=O)Cc2cccc(F)c2)CC1. The number of halogens is 1. The van der Waals surface area contributed by atoms with E-state index in [0.29, 0.717) is 38.4 Å². The minimum Gasteiger partial charge on any atom is -0.389 e. The highest BCUT2D eigenvalue weighted by Crippen LogP contribution is 2.09. The summed E-state index contributed by atoms with van der Waals surface area (Å²) in [5.74, 6) is -0.298. The molecule has 1 fully saturated rings. The Kier molecular flexibility index (Phi) is 6.95. The normalized spacial score (nSPS) is 17.3. The van der Waals surface area contributed by atoms with E-state index in [9.17, 15) is 14.3 Å². The number of β-amino-alcohol motifs (C(OH)–C–C–N with tert-alkyl or cyclic N) is 1. The van der Waals surface area contributed by atoms with Crippen LogP contribution in [0.1, 0.15) is 12.5 Å². The van der Waals surface area contributed by atoms with Crippen LogP contribution in [0.5, 0.6) is 0 Å². The van der Waals surface area contributed by atoms with Gasteiger partial charge in [-0.05, 0) is 24.6 Å². The summed E-state index contributed by atoms with van der Waals surface area (Å²) in [7, 11) is 0. The van der Waals surface area contributed by atoms with Crippen LogP contribution in [0.25, 0.3) is 0 Å². The predicted octanol–water partition coefficient (Wildman–Crippen LogP) is 0.910. The lowest BCUT2D eigenvalue weighted by Crippen LogP contribution is -2.51. The van der Waals surface area contributed by atoms with Gasteiger partial charge in [-0.1, -0.05) is 12.1 Å². The predicted molar refractivity (Wildman–Crippen MR) is 85.6 cm³/mol. The van der Waals surface area contributed by atoms with Crippen LogP contribution in [0, 0.1) is 5.82 Å². The van der Waals surface area contributed by atoms with Crippen LogP contribution in [0.15, 0.2) is 24.3 Å². The molecule has 2 rings (SSSR count). The van der Waals surface area contributed by atoms with Gasteiger partial charge in [0.2, 0.25) is 5.91 Å². The largest absolute Gasteiger partial charge is 0.389 e. The third-order valence-electron chi connectivity index (χ3n) is 3.95. The second kappa shape index (κ2) is 8.96. The fourth-order valence-corrected chi connectivity index (χ4v) is 2.72. The van der Waals surface area contributed by atoms with Gasteiger partial charge in [0, 0.05) is 39.3 Å². The zero-order valence-corrected chi connectivity index (χ0v) is 13.6. The maximum atomic E-state index is 13.2. The van der Waals surface area contributed by atoms with Crippen LogP contribution in [-0.4, -0.2) is 72.9 Å². The van der Waals surface area contributed by atoms with Gasteiger partial charge in [-0.2, -0.15) is 0 Å². The molecule has 0 bridgehead atoms. The van der Waals surface area contributed by atoms with Crippen molar-refractivity contribution in [2.24, 2.45) is 0 Å². The first-order valence-corrected chi connectivity index (χ1v) is 8.09. The lowest BCUT2D eigenvalue weighted by Gasteiger charge is -2.35. The average Bonchev–Trinajstić information content (AvgIpc) is 2.53. The number of benzene rings is 1. The van der Waals surface area contributed by atoms with Crippen molar-refractivity contribution in [1.29, 1.82) is 0 Å². The number of carbonyl (C=O) groups is 1. The molecule has 1 aromatic carbocycles. The monoisotopic (exact) mass is 324 g/mol. The Morgan fingerprint density at radius 1 is 1.35 bits per heavy atom. The summed E-state index contributed by atoms with van der Waals surface area (Å²) in [6, 6.07) is 6.16. The molecule has 0 unspecified atom stereocenters. The maximum Gasteiger partial charge on any atom is 0.227 e. The van der Waals surface area contributed by atoms with E-state index >= 15 is 0 Å². The molecule has 1 aromatic rings. The zero-order chi connectivity index (χ0) is 16.7. The van der Waals surface area contributed by atoms with E-state index in [1.807, 2.05) is 6.92 Å². The van der Waals surface area contributed by atoms with Gasteiger partial charge in [-0.15, -0.1) is 0 Å². The van der Waals surface area contributed by atoms with Crippen molar-refractivity contribution < 1.29 is 19.0 Å². The molecule has 0 aliphatic carbocycles. The quantitative estimate of drug-likeness (QED) is 0.810. The second-order valence-corrected chi connectivity index (χ2v) is 5.80. The summed E-state index contributed by atoms with van der Waals surface area (Å²) in [6.45, 7) is 6.14. The first-order valence-electron chi connectivity index (χ1n) is 8.09. The Hall–Kier alpha value is -1.50. The van der Waals surface area contributed by atoms with Gasteiger partial charge in [0.1, 0.15) is 5.82 Å². The summed E-state index contributed by atoms with van der Waals surface area (Å²) >= 11 is 0.